The maximum absolute atomic E-state index is 12.8. The van der Waals surface area contributed by atoms with Crippen molar-refractivity contribution < 1.29 is 10.3 Å². The van der Waals surface area contributed by atoms with Crippen LogP contribution in [0.4, 0.5) is 0 Å². The van der Waals surface area contributed by atoms with E-state index in [1.807, 2.05) is 17.7 Å². The van der Waals surface area contributed by atoms with Crippen molar-refractivity contribution in [1.29, 1.82) is 0 Å². The number of hydrogen-bond acceptors (Lipinski definition) is 4. The van der Waals surface area contributed by atoms with Gasteiger partial charge in [-0.05, 0) is 29.6 Å². The lowest BCUT2D eigenvalue weighted by molar-refractivity contribution is 0.0992. The molecule has 0 saturated heterocycles. The van der Waals surface area contributed by atoms with Gasteiger partial charge in [-0.3, -0.25) is 14.8 Å². The third-order valence-corrected chi connectivity index (χ3v) is 4.28. The molecule has 0 spiro atoms. The van der Waals surface area contributed by atoms with E-state index in [9.17, 15) is 4.79 Å². The number of aromatic nitrogens is 4. The Morgan fingerprint density at radius 2 is 1.96 bits per heavy atom. The number of halogens is 1. The molecule has 4 rings (SSSR count). The predicted molar refractivity (Wildman–Crippen MR) is 101 cm³/mol. The number of pyridine rings is 2. The number of aryl methyl sites for hydroxylation is 1. The first kappa shape index (κ1) is 12.3. The molecule has 0 radical (unpaired) electrons. The molecule has 1 aromatic carbocycles. The van der Waals surface area contributed by atoms with Crippen LogP contribution in [0.2, 0.25) is 5.02 Å². The predicted octanol–water partition coefficient (Wildman–Crippen LogP) is 4.11. The van der Waals surface area contributed by atoms with Gasteiger partial charge in [0.05, 0.1) is 40.8 Å². The van der Waals surface area contributed by atoms with Crippen LogP contribution in [0.1, 0.15) is 21.5 Å². The lowest BCUT2D eigenvalue weighted by Crippen LogP contribution is -2.05. The number of ketones is 1. The zero-order valence-corrected chi connectivity index (χ0v) is 14.5. The molecule has 0 unspecified atom stereocenters. The zero-order valence-electron chi connectivity index (χ0n) is 17.7. The van der Waals surface area contributed by atoms with Gasteiger partial charge in [0.25, 0.3) is 0 Å². The molecule has 3 heterocycles. The van der Waals surface area contributed by atoms with E-state index in [2.05, 4.69) is 15.0 Å². The van der Waals surface area contributed by atoms with E-state index in [1.54, 1.807) is 31.0 Å². The van der Waals surface area contributed by atoms with Crippen molar-refractivity contribution in [1.82, 2.24) is 19.5 Å². The first-order valence-electron chi connectivity index (χ1n) is 9.78. The summed E-state index contributed by atoms with van der Waals surface area (Å²) in [5, 5.41) is 1.35. The van der Waals surface area contributed by atoms with E-state index in [4.69, 9.17) is 17.1 Å². The van der Waals surface area contributed by atoms with E-state index < -0.39 is 30.0 Å². The molecule has 0 aliphatic carbocycles. The van der Waals surface area contributed by atoms with Crippen LogP contribution < -0.4 is 0 Å². The van der Waals surface area contributed by atoms with Crippen LogP contribution in [-0.4, -0.2) is 25.3 Å². The second kappa shape index (κ2) is 6.69. The average molecular weight is 367 g/mol. The van der Waals surface area contributed by atoms with Gasteiger partial charge in [0.15, 0.2) is 5.78 Å². The maximum Gasteiger partial charge on any atom is 0.170 e. The van der Waals surface area contributed by atoms with Crippen LogP contribution in [0.25, 0.3) is 22.2 Å². The third kappa shape index (κ3) is 3.09. The molecule has 4 aromatic rings. The van der Waals surface area contributed by atoms with Crippen LogP contribution >= 0.6 is 11.6 Å². The molecule has 0 fully saturated rings. The lowest BCUT2D eigenvalue weighted by atomic mass is 10.0. The number of fused-ring (bicyclic) bond motifs is 1. The number of carbonyl (C=O) groups excluding carboxylic acids is 1. The maximum atomic E-state index is 12.8. The van der Waals surface area contributed by atoms with Crippen molar-refractivity contribution in [3.05, 3.63) is 77.5 Å². The largest absolute Gasteiger partial charge is 0.332 e. The molecular formula is C20H15ClN4O. The molecule has 0 aliphatic heterocycles. The molecule has 128 valence electrons. The highest BCUT2D eigenvalue weighted by molar-refractivity contribution is 6.34. The van der Waals surface area contributed by atoms with Gasteiger partial charge < -0.3 is 4.57 Å². The molecule has 0 N–H and O–H groups in total. The Morgan fingerprint density at radius 1 is 1.15 bits per heavy atom. The number of benzene rings is 1. The van der Waals surface area contributed by atoms with Crippen LogP contribution in [0.5, 0.6) is 0 Å². The monoisotopic (exact) mass is 366 g/mol. The third-order valence-electron chi connectivity index (χ3n) is 4.00. The van der Waals surface area contributed by atoms with Crippen molar-refractivity contribution >= 4 is 28.2 Å². The number of rotatable bonds is 4. The minimum absolute atomic E-state index is 0.152. The zero-order chi connectivity index (χ0) is 21.6. The summed E-state index contributed by atoms with van der Waals surface area (Å²) < 4.78 is 33.1. The number of nitrogens with zero attached hydrogens (tertiary/aromatic N) is 4. The van der Waals surface area contributed by atoms with Crippen molar-refractivity contribution in [3.8, 4) is 11.4 Å². The highest BCUT2D eigenvalue weighted by atomic mass is 35.5. The fourth-order valence-corrected chi connectivity index (χ4v) is 2.87. The molecular weight excluding hydrogens is 348 g/mol. The van der Waals surface area contributed by atoms with E-state index >= 15 is 0 Å². The van der Waals surface area contributed by atoms with Gasteiger partial charge >= 0.3 is 0 Å². The number of imidazole rings is 1. The van der Waals surface area contributed by atoms with Crippen LogP contribution in [0.15, 0.2) is 61.2 Å². The molecule has 6 heteroatoms. The first-order valence-corrected chi connectivity index (χ1v) is 8.16. The Morgan fingerprint density at radius 3 is 2.77 bits per heavy atom. The Labute approximate surface area is 160 Å². The van der Waals surface area contributed by atoms with Crippen molar-refractivity contribution in [2.45, 2.75) is 6.42 Å². The van der Waals surface area contributed by atoms with Gasteiger partial charge in [-0.25, -0.2) is 4.98 Å². The second-order valence-corrected chi connectivity index (χ2v) is 6.15. The van der Waals surface area contributed by atoms with Gasteiger partial charge in [-0.1, -0.05) is 23.7 Å². The SMILES string of the molecule is [2H]c1c([2H])c([2H])c(C(=O)Cc2cc3cc(-c4cncn4C)ncc3cn2)c(Cl)c1[2H]. The molecule has 0 amide bonds. The second-order valence-electron chi connectivity index (χ2n) is 5.77. The number of hydrogen-bond donors (Lipinski definition) is 0. The first-order chi connectivity index (χ1) is 14.3. The summed E-state index contributed by atoms with van der Waals surface area (Å²) in [6, 6.07) is 1.79. The molecule has 5 nitrogen and oxygen atoms in total. The molecule has 0 atom stereocenters. The van der Waals surface area contributed by atoms with E-state index in [0.717, 1.165) is 22.2 Å². The van der Waals surface area contributed by atoms with Crippen LogP contribution in [0.3, 0.4) is 0 Å². The lowest BCUT2D eigenvalue weighted by Gasteiger charge is -2.06. The summed E-state index contributed by atoms with van der Waals surface area (Å²) in [4.78, 5) is 25.6. The van der Waals surface area contributed by atoms with E-state index in [1.165, 1.54) is 0 Å². The molecule has 0 saturated carbocycles. The van der Waals surface area contributed by atoms with Gasteiger partial charge in [-0.2, -0.15) is 0 Å². The number of carbonyl (C=O) groups is 1. The molecule has 0 aliphatic rings. The summed E-state index contributed by atoms with van der Waals surface area (Å²) >= 11 is 6.06. The van der Waals surface area contributed by atoms with Crippen molar-refractivity contribution in [3.63, 3.8) is 0 Å². The molecule has 3 aromatic heterocycles. The van der Waals surface area contributed by atoms with Gasteiger partial charge in [0, 0.05) is 36.1 Å². The van der Waals surface area contributed by atoms with Crippen LogP contribution in [-0.2, 0) is 13.5 Å². The quantitative estimate of drug-likeness (QED) is 0.510. The minimum Gasteiger partial charge on any atom is -0.332 e. The Hall–Kier alpha value is -3.05. The minimum atomic E-state index is -0.528. The Balaban J connectivity index is 1.71. The Kier molecular flexibility index (Phi) is 3.17. The summed E-state index contributed by atoms with van der Waals surface area (Å²) in [7, 11) is 1.87. The molecule has 26 heavy (non-hydrogen) atoms. The van der Waals surface area contributed by atoms with E-state index in [-0.39, 0.29) is 17.0 Å². The highest BCUT2D eigenvalue weighted by Crippen LogP contribution is 2.22. The van der Waals surface area contributed by atoms with Gasteiger partial charge in [0.1, 0.15) is 0 Å². The normalized spacial score (nSPS) is 13.2. The average Bonchev–Trinajstić information content (AvgIpc) is 3.16. The van der Waals surface area contributed by atoms with Crippen molar-refractivity contribution in [2.24, 2.45) is 7.05 Å². The summed E-state index contributed by atoms with van der Waals surface area (Å²) in [5.41, 5.74) is 1.80. The van der Waals surface area contributed by atoms with Gasteiger partial charge in [0.2, 0.25) is 0 Å². The highest BCUT2D eigenvalue weighted by Gasteiger charge is 2.12. The summed E-state index contributed by atoms with van der Waals surface area (Å²) in [6.07, 6.45) is 6.55. The van der Waals surface area contributed by atoms with Crippen molar-refractivity contribution in [2.75, 3.05) is 0 Å². The smallest absolute Gasteiger partial charge is 0.170 e. The van der Waals surface area contributed by atoms with Crippen LogP contribution in [0, 0.1) is 0 Å². The van der Waals surface area contributed by atoms with E-state index in [0.29, 0.717) is 5.69 Å². The fraction of sp³-hybridized carbons (Fsp3) is 0.100. The standard InChI is InChI=1S/C20H15ClN4O/c1-25-12-22-11-19(25)18-7-13-6-15(23-9-14(13)10-24-18)8-20(26)16-4-2-3-5-17(16)21/h2-7,9-12H,8H2,1H3/i2D,3D,4D,5D. The number of Topliss-reactive ketones (excluding diaryl/α,β-unsaturated/α-hetero) is 1. The summed E-state index contributed by atoms with van der Waals surface area (Å²) in [6.45, 7) is 0. The summed E-state index contributed by atoms with van der Waals surface area (Å²) in [5.74, 6) is -0.528. The fourth-order valence-electron chi connectivity index (χ4n) is 2.67. The van der Waals surface area contributed by atoms with Gasteiger partial charge in [-0.15, -0.1) is 0 Å². The topological polar surface area (TPSA) is 60.7 Å². The molecule has 0 bridgehead atoms. The Bertz CT molecular complexity index is 1290.